The summed E-state index contributed by atoms with van der Waals surface area (Å²) in [5.74, 6) is 0. The molecule has 19 heavy (non-hydrogen) atoms. The van der Waals surface area contributed by atoms with Gasteiger partial charge in [0.05, 0.1) is 0 Å². The number of nitrogens with one attached hydrogen (secondary N) is 1. The maximum atomic E-state index is 3.67. The Morgan fingerprint density at radius 2 is 2.11 bits per heavy atom. The molecule has 4 heteroatoms. The lowest BCUT2D eigenvalue weighted by atomic mass is 10.0. The molecule has 2 rings (SSSR count). The number of thiophene rings is 1. The minimum absolute atomic E-state index is 0.392. The van der Waals surface area contributed by atoms with Gasteiger partial charge >= 0.3 is 0 Å². The fraction of sp³-hybridized carbons (Fsp3) is 0.333. The van der Waals surface area contributed by atoms with Crippen molar-refractivity contribution in [1.29, 1.82) is 0 Å². The highest BCUT2D eigenvalue weighted by Crippen LogP contribution is 2.30. The molecule has 0 spiro atoms. The Balaban J connectivity index is 2.21. The van der Waals surface area contributed by atoms with Crippen molar-refractivity contribution < 1.29 is 0 Å². The molecule has 1 aromatic carbocycles. The standard InChI is InChI=1S/C15H17BrINS/c1-2-8-18-14(10-15-12(16)7-9-19-15)11-5-3-4-6-13(11)17/h3-7,9,14,18H,2,8,10H2,1H3. The van der Waals surface area contributed by atoms with Gasteiger partial charge in [0.25, 0.3) is 0 Å². The number of benzene rings is 1. The highest BCUT2D eigenvalue weighted by molar-refractivity contribution is 14.1. The fourth-order valence-electron chi connectivity index (χ4n) is 2.02. The summed E-state index contributed by atoms with van der Waals surface area (Å²) in [4.78, 5) is 1.41. The van der Waals surface area contributed by atoms with Crippen LogP contribution in [0.4, 0.5) is 0 Å². The summed E-state index contributed by atoms with van der Waals surface area (Å²) in [7, 11) is 0. The Hall–Kier alpha value is 0.0900. The zero-order valence-corrected chi connectivity index (χ0v) is 15.4. The average molecular weight is 450 g/mol. The molecule has 0 amide bonds. The van der Waals surface area contributed by atoms with Crippen molar-refractivity contribution >= 4 is 49.9 Å². The smallest absolute Gasteiger partial charge is 0.0379 e. The third-order valence-electron chi connectivity index (χ3n) is 3.00. The van der Waals surface area contributed by atoms with Crippen LogP contribution in [-0.2, 0) is 6.42 Å². The van der Waals surface area contributed by atoms with Crippen LogP contribution in [0.3, 0.4) is 0 Å². The number of hydrogen-bond acceptors (Lipinski definition) is 2. The van der Waals surface area contributed by atoms with Crippen molar-refractivity contribution in [2.24, 2.45) is 0 Å². The van der Waals surface area contributed by atoms with E-state index in [2.05, 4.69) is 86.5 Å². The summed E-state index contributed by atoms with van der Waals surface area (Å²) >= 11 is 7.89. The first kappa shape index (κ1) is 15.5. The molecule has 0 aliphatic rings. The molecular formula is C15H17BrINS. The van der Waals surface area contributed by atoms with Gasteiger partial charge in [0.2, 0.25) is 0 Å². The minimum Gasteiger partial charge on any atom is -0.310 e. The van der Waals surface area contributed by atoms with E-state index in [4.69, 9.17) is 0 Å². The molecule has 1 heterocycles. The van der Waals surface area contributed by atoms with E-state index in [-0.39, 0.29) is 0 Å². The van der Waals surface area contributed by atoms with Crippen LogP contribution in [-0.4, -0.2) is 6.54 Å². The molecule has 0 radical (unpaired) electrons. The third kappa shape index (κ3) is 4.28. The van der Waals surface area contributed by atoms with Crippen LogP contribution < -0.4 is 5.32 Å². The van der Waals surface area contributed by atoms with Gasteiger partial charge in [-0.2, -0.15) is 0 Å². The van der Waals surface area contributed by atoms with Crippen LogP contribution in [0.5, 0.6) is 0 Å². The molecule has 0 aliphatic heterocycles. The summed E-state index contributed by atoms with van der Waals surface area (Å²) in [6.45, 7) is 3.26. The van der Waals surface area contributed by atoms with Gasteiger partial charge < -0.3 is 5.32 Å². The predicted molar refractivity (Wildman–Crippen MR) is 95.9 cm³/mol. The summed E-state index contributed by atoms with van der Waals surface area (Å²) < 4.78 is 2.56. The van der Waals surface area contributed by atoms with Gasteiger partial charge in [0.15, 0.2) is 0 Å². The van der Waals surface area contributed by atoms with Crippen LogP contribution in [0.1, 0.15) is 29.8 Å². The van der Waals surface area contributed by atoms with Crippen LogP contribution in [0.15, 0.2) is 40.2 Å². The van der Waals surface area contributed by atoms with Crippen molar-refractivity contribution in [1.82, 2.24) is 5.32 Å². The van der Waals surface area contributed by atoms with Crippen LogP contribution >= 0.6 is 49.9 Å². The molecule has 1 atom stereocenters. The maximum absolute atomic E-state index is 3.67. The Morgan fingerprint density at radius 3 is 2.74 bits per heavy atom. The second-order valence-electron chi connectivity index (χ2n) is 4.42. The lowest BCUT2D eigenvalue weighted by molar-refractivity contribution is 0.530. The van der Waals surface area contributed by atoms with E-state index in [1.54, 1.807) is 0 Å². The number of rotatable bonds is 6. The highest BCUT2D eigenvalue weighted by Gasteiger charge is 2.16. The summed E-state index contributed by atoms with van der Waals surface area (Å²) in [5.41, 5.74) is 1.40. The largest absolute Gasteiger partial charge is 0.310 e. The molecule has 102 valence electrons. The molecular weight excluding hydrogens is 433 g/mol. The van der Waals surface area contributed by atoms with Crippen LogP contribution in [0.2, 0.25) is 0 Å². The quantitative estimate of drug-likeness (QED) is 0.582. The lowest BCUT2D eigenvalue weighted by Crippen LogP contribution is -2.24. The topological polar surface area (TPSA) is 12.0 Å². The normalized spacial score (nSPS) is 12.6. The van der Waals surface area contributed by atoms with E-state index < -0.39 is 0 Å². The maximum Gasteiger partial charge on any atom is 0.0379 e. The molecule has 1 unspecified atom stereocenters. The Morgan fingerprint density at radius 1 is 1.32 bits per heavy atom. The zero-order chi connectivity index (χ0) is 13.7. The Labute approximate surface area is 141 Å². The van der Waals surface area contributed by atoms with Gasteiger partial charge in [-0.25, -0.2) is 0 Å². The molecule has 0 aliphatic carbocycles. The second-order valence-corrected chi connectivity index (χ2v) is 7.44. The summed E-state index contributed by atoms with van der Waals surface area (Å²) in [6.07, 6.45) is 2.20. The van der Waals surface area contributed by atoms with E-state index in [0.29, 0.717) is 6.04 Å². The SMILES string of the molecule is CCCNC(Cc1sccc1Br)c1ccccc1I. The molecule has 0 saturated carbocycles. The first-order chi connectivity index (χ1) is 9.22. The van der Waals surface area contributed by atoms with E-state index in [1.807, 2.05) is 11.3 Å². The molecule has 0 fully saturated rings. The molecule has 0 saturated heterocycles. The van der Waals surface area contributed by atoms with E-state index >= 15 is 0 Å². The van der Waals surface area contributed by atoms with Gasteiger partial charge in [-0.05, 0) is 74.6 Å². The van der Waals surface area contributed by atoms with Gasteiger partial charge in [0, 0.05) is 25.4 Å². The van der Waals surface area contributed by atoms with Crippen molar-refractivity contribution in [3.8, 4) is 0 Å². The van der Waals surface area contributed by atoms with Crippen molar-refractivity contribution in [3.63, 3.8) is 0 Å². The predicted octanol–water partition coefficient (Wildman–Crippen LogP) is 5.40. The molecule has 1 aromatic heterocycles. The third-order valence-corrected chi connectivity index (χ3v) is 5.93. The minimum atomic E-state index is 0.392. The summed E-state index contributed by atoms with van der Waals surface area (Å²) in [5, 5.41) is 5.82. The van der Waals surface area contributed by atoms with Gasteiger partial charge in [0.1, 0.15) is 0 Å². The number of hydrogen-bond donors (Lipinski definition) is 1. The molecule has 1 N–H and O–H groups in total. The second kappa shape index (κ2) is 7.76. The van der Waals surface area contributed by atoms with E-state index in [9.17, 15) is 0 Å². The van der Waals surface area contributed by atoms with E-state index in [0.717, 1.165) is 19.4 Å². The average Bonchev–Trinajstić information content (AvgIpc) is 2.81. The molecule has 0 bridgehead atoms. The number of halogens is 2. The van der Waals surface area contributed by atoms with Crippen molar-refractivity contribution in [3.05, 3.63) is 54.2 Å². The first-order valence-electron chi connectivity index (χ1n) is 6.42. The highest BCUT2D eigenvalue weighted by atomic mass is 127. The Bertz CT molecular complexity index is 526. The van der Waals surface area contributed by atoms with Crippen molar-refractivity contribution in [2.75, 3.05) is 6.54 Å². The van der Waals surface area contributed by atoms with Gasteiger partial charge in [-0.3, -0.25) is 0 Å². The Kier molecular flexibility index (Phi) is 6.32. The monoisotopic (exact) mass is 449 g/mol. The zero-order valence-electron chi connectivity index (χ0n) is 10.8. The molecule has 1 nitrogen and oxygen atoms in total. The van der Waals surface area contributed by atoms with Gasteiger partial charge in [-0.15, -0.1) is 11.3 Å². The summed E-state index contributed by atoms with van der Waals surface area (Å²) in [6, 6.07) is 11.2. The van der Waals surface area contributed by atoms with Crippen LogP contribution in [0.25, 0.3) is 0 Å². The molecule has 2 aromatic rings. The fourth-order valence-corrected chi connectivity index (χ4v) is 4.35. The van der Waals surface area contributed by atoms with Gasteiger partial charge in [-0.1, -0.05) is 25.1 Å². The van der Waals surface area contributed by atoms with Crippen LogP contribution in [0, 0.1) is 3.57 Å². The lowest BCUT2D eigenvalue weighted by Gasteiger charge is -2.20. The van der Waals surface area contributed by atoms with E-state index in [1.165, 1.54) is 18.5 Å². The van der Waals surface area contributed by atoms with Crippen molar-refractivity contribution in [2.45, 2.75) is 25.8 Å². The first-order valence-corrected chi connectivity index (χ1v) is 9.17.